The van der Waals surface area contributed by atoms with Crippen molar-refractivity contribution in [2.45, 2.75) is 25.8 Å². The molecule has 0 radical (unpaired) electrons. The van der Waals surface area contributed by atoms with Gasteiger partial charge in [-0.2, -0.15) is 0 Å². The lowest BCUT2D eigenvalue weighted by Gasteiger charge is -2.43. The van der Waals surface area contributed by atoms with E-state index in [2.05, 4.69) is 74.6 Å². The summed E-state index contributed by atoms with van der Waals surface area (Å²) in [4.78, 5) is 10.7. The van der Waals surface area contributed by atoms with Gasteiger partial charge in [-0.3, -0.25) is 4.79 Å². The Balaban J connectivity index is 2.37. The second kappa shape index (κ2) is 8.42. The van der Waals surface area contributed by atoms with Crippen LogP contribution >= 0.6 is 0 Å². The average Bonchev–Trinajstić information content (AvgIpc) is 2.58. The summed E-state index contributed by atoms with van der Waals surface area (Å²) in [5.41, 5.74) is 0. The zero-order valence-corrected chi connectivity index (χ0v) is 16.2. The molecule has 0 heterocycles. The minimum Gasteiger partial charge on any atom is -0.480 e. The number of rotatable bonds is 8. The molecule has 0 amide bonds. The number of carboxylic acid groups (broad SMARTS) is 1. The van der Waals surface area contributed by atoms with Crippen molar-refractivity contribution in [1.82, 2.24) is 5.32 Å². The van der Waals surface area contributed by atoms with Crippen molar-refractivity contribution >= 4 is 24.7 Å². The van der Waals surface area contributed by atoms with E-state index in [0.29, 0.717) is 13.2 Å². The summed E-state index contributed by atoms with van der Waals surface area (Å²) in [5, 5.41) is 14.1. The maximum atomic E-state index is 10.7. The normalized spacial score (nSPS) is 12.1. The Bertz CT molecular complexity index is 629. The first-order chi connectivity index (χ1) is 11.9. The summed E-state index contributed by atoms with van der Waals surface area (Å²) in [7, 11) is -2.51. The molecule has 0 fully saturated rings. The van der Waals surface area contributed by atoms with Crippen LogP contribution in [0, 0.1) is 0 Å². The largest absolute Gasteiger partial charge is 0.480 e. The monoisotopic (exact) mass is 357 g/mol. The summed E-state index contributed by atoms with van der Waals surface area (Å²) < 4.78 is 6.63. The third-order valence-corrected chi connectivity index (χ3v) is 9.33. The molecule has 134 valence electrons. The first kappa shape index (κ1) is 19.4. The van der Waals surface area contributed by atoms with E-state index in [1.165, 1.54) is 10.4 Å². The van der Waals surface area contributed by atoms with Gasteiger partial charge in [-0.25, -0.2) is 0 Å². The highest BCUT2D eigenvalue weighted by atomic mass is 28.4. The van der Waals surface area contributed by atoms with Gasteiger partial charge in [0.2, 0.25) is 0 Å². The van der Waals surface area contributed by atoms with Gasteiger partial charge in [0.05, 0.1) is 6.54 Å². The summed E-state index contributed by atoms with van der Waals surface area (Å²) in [6.07, 6.45) is 0. The molecule has 0 atom stereocenters. The van der Waals surface area contributed by atoms with Crippen LogP contribution in [0.2, 0.25) is 5.04 Å². The van der Waals surface area contributed by atoms with Crippen LogP contribution in [0.5, 0.6) is 0 Å². The summed E-state index contributed by atoms with van der Waals surface area (Å²) >= 11 is 0. The first-order valence-electron chi connectivity index (χ1n) is 8.55. The Labute approximate surface area is 151 Å². The lowest BCUT2D eigenvalue weighted by Crippen LogP contribution is -2.67. The van der Waals surface area contributed by atoms with Crippen molar-refractivity contribution in [2.24, 2.45) is 0 Å². The maximum Gasteiger partial charge on any atom is 0.317 e. The van der Waals surface area contributed by atoms with Crippen molar-refractivity contribution in [3.05, 3.63) is 60.7 Å². The Hall–Kier alpha value is -1.95. The quantitative estimate of drug-likeness (QED) is 0.562. The first-order valence-corrected chi connectivity index (χ1v) is 10.5. The van der Waals surface area contributed by atoms with Gasteiger partial charge < -0.3 is 14.8 Å². The third kappa shape index (κ3) is 4.57. The summed E-state index contributed by atoms with van der Waals surface area (Å²) in [6, 6.07) is 20.8. The van der Waals surface area contributed by atoms with Gasteiger partial charge in [0, 0.05) is 13.2 Å². The Morgan fingerprint density at radius 3 is 1.88 bits per heavy atom. The molecule has 2 aromatic carbocycles. The maximum absolute atomic E-state index is 10.7. The Kier molecular flexibility index (Phi) is 6.53. The van der Waals surface area contributed by atoms with Crippen molar-refractivity contribution in [3.8, 4) is 0 Å². The fourth-order valence-electron chi connectivity index (χ4n) is 3.23. The van der Waals surface area contributed by atoms with Crippen molar-refractivity contribution in [3.63, 3.8) is 0 Å². The van der Waals surface area contributed by atoms with Gasteiger partial charge in [0.25, 0.3) is 8.32 Å². The third-order valence-electron chi connectivity index (χ3n) is 4.29. The standard InChI is InChI=1S/C20H27NO3Si/c1-20(2,3)25(17-10-6-4-7-11-17,18-12-8-5-9-13-18)24-15-14-21-16-19(22)23/h4-13,21H,14-16H2,1-3H3,(H,22,23). The van der Waals surface area contributed by atoms with Crippen molar-refractivity contribution < 1.29 is 14.3 Å². The smallest absolute Gasteiger partial charge is 0.317 e. The minimum atomic E-state index is -2.51. The molecule has 4 nitrogen and oxygen atoms in total. The van der Waals surface area contributed by atoms with Crippen LogP contribution < -0.4 is 15.7 Å². The zero-order valence-electron chi connectivity index (χ0n) is 15.2. The van der Waals surface area contributed by atoms with E-state index in [0.717, 1.165) is 0 Å². The van der Waals surface area contributed by atoms with Gasteiger partial charge in [-0.05, 0) is 15.4 Å². The van der Waals surface area contributed by atoms with Crippen LogP contribution in [0.25, 0.3) is 0 Å². The number of nitrogens with one attached hydrogen (secondary N) is 1. The number of benzene rings is 2. The molecule has 0 aliphatic heterocycles. The summed E-state index contributed by atoms with van der Waals surface area (Å²) in [5.74, 6) is -0.856. The minimum absolute atomic E-state index is 0.0515. The Morgan fingerprint density at radius 1 is 1.00 bits per heavy atom. The molecule has 25 heavy (non-hydrogen) atoms. The molecule has 0 aromatic heterocycles. The molecule has 0 saturated heterocycles. The highest BCUT2D eigenvalue weighted by Crippen LogP contribution is 2.36. The molecule has 2 aromatic rings. The van der Waals surface area contributed by atoms with Crippen molar-refractivity contribution in [1.29, 1.82) is 0 Å². The van der Waals surface area contributed by atoms with Gasteiger partial charge in [0.15, 0.2) is 0 Å². The van der Waals surface area contributed by atoms with E-state index in [1.54, 1.807) is 0 Å². The van der Waals surface area contributed by atoms with Gasteiger partial charge >= 0.3 is 5.97 Å². The second-order valence-corrected chi connectivity index (χ2v) is 11.4. The molecule has 0 saturated carbocycles. The highest BCUT2D eigenvalue weighted by Gasteiger charge is 2.49. The Morgan fingerprint density at radius 2 is 1.48 bits per heavy atom. The van der Waals surface area contributed by atoms with Crippen LogP contribution in [-0.4, -0.2) is 39.1 Å². The van der Waals surface area contributed by atoms with Gasteiger partial charge in [-0.15, -0.1) is 0 Å². The molecular formula is C20H27NO3Si. The molecular weight excluding hydrogens is 330 g/mol. The topological polar surface area (TPSA) is 58.6 Å². The SMILES string of the molecule is CC(C)(C)[Si](OCCNCC(=O)O)(c1ccccc1)c1ccccc1. The van der Waals surface area contributed by atoms with Crippen molar-refractivity contribution in [2.75, 3.05) is 19.7 Å². The number of hydrogen-bond donors (Lipinski definition) is 2. The lowest BCUT2D eigenvalue weighted by molar-refractivity contribution is -0.135. The molecule has 0 aliphatic rings. The van der Waals surface area contributed by atoms with Crippen LogP contribution in [0.1, 0.15) is 20.8 Å². The fraction of sp³-hybridized carbons (Fsp3) is 0.350. The number of hydrogen-bond acceptors (Lipinski definition) is 3. The second-order valence-electron chi connectivity index (χ2n) is 7.08. The van der Waals surface area contributed by atoms with Gasteiger partial charge in [-0.1, -0.05) is 81.4 Å². The predicted octanol–water partition coefficient (Wildman–Crippen LogP) is 2.24. The van der Waals surface area contributed by atoms with E-state index in [-0.39, 0.29) is 11.6 Å². The lowest BCUT2D eigenvalue weighted by atomic mass is 10.2. The summed E-state index contributed by atoms with van der Waals surface area (Å²) in [6.45, 7) is 7.61. The van der Waals surface area contributed by atoms with Gasteiger partial charge in [0.1, 0.15) is 0 Å². The highest BCUT2D eigenvalue weighted by molar-refractivity contribution is 6.99. The van der Waals surface area contributed by atoms with Crippen LogP contribution in [-0.2, 0) is 9.22 Å². The number of carboxylic acids is 1. The van der Waals surface area contributed by atoms with E-state index < -0.39 is 14.3 Å². The molecule has 0 aliphatic carbocycles. The molecule has 2 N–H and O–H groups in total. The average molecular weight is 358 g/mol. The number of aliphatic carboxylic acids is 1. The van der Waals surface area contributed by atoms with E-state index in [1.807, 2.05) is 12.1 Å². The van der Waals surface area contributed by atoms with Crippen LogP contribution in [0.4, 0.5) is 0 Å². The van der Waals surface area contributed by atoms with E-state index >= 15 is 0 Å². The number of carbonyl (C=O) groups is 1. The van der Waals surface area contributed by atoms with Crippen LogP contribution in [0.3, 0.4) is 0 Å². The molecule has 0 unspecified atom stereocenters. The molecule has 0 spiro atoms. The zero-order chi connectivity index (χ0) is 18.3. The fourth-order valence-corrected chi connectivity index (χ4v) is 7.80. The van der Waals surface area contributed by atoms with E-state index in [9.17, 15) is 4.79 Å². The molecule has 0 bridgehead atoms. The molecule has 5 heteroatoms. The predicted molar refractivity (Wildman–Crippen MR) is 104 cm³/mol. The van der Waals surface area contributed by atoms with E-state index in [4.69, 9.17) is 9.53 Å². The van der Waals surface area contributed by atoms with Crippen LogP contribution in [0.15, 0.2) is 60.7 Å². The molecule has 2 rings (SSSR count).